The first-order valence-corrected chi connectivity index (χ1v) is 4.83. The summed E-state index contributed by atoms with van der Waals surface area (Å²) in [7, 11) is 1.32. The highest BCUT2D eigenvalue weighted by Crippen LogP contribution is 2.10. The average molecular weight is 253 g/mol. The first-order valence-electron chi connectivity index (χ1n) is 4.03. The van der Waals surface area contributed by atoms with Crippen LogP contribution in [-0.2, 0) is 16.0 Å². The number of methoxy groups -OCH3 is 1. The van der Waals surface area contributed by atoms with Crippen molar-refractivity contribution in [2.75, 3.05) is 7.11 Å². The van der Waals surface area contributed by atoms with Gasteiger partial charge in [-0.2, -0.15) is 0 Å². The number of ether oxygens (including phenoxy) is 1. The smallest absolute Gasteiger partial charge is 0.384 e. The maximum atomic E-state index is 10.7. The number of halogens is 1. The third-order valence-electron chi connectivity index (χ3n) is 1.58. The summed E-state index contributed by atoms with van der Waals surface area (Å²) in [6.07, 6.45) is 0.558. The molecule has 0 aromatic heterocycles. The Kier molecular flexibility index (Phi) is 4.21. The molecule has 0 N–H and O–H groups in total. The Morgan fingerprint density at radius 2 is 2.07 bits per heavy atom. The van der Waals surface area contributed by atoms with Crippen LogP contribution < -0.4 is 0 Å². The Balaban J connectivity index is 2.56. The van der Waals surface area contributed by atoms with E-state index in [9.17, 15) is 4.79 Å². The van der Waals surface area contributed by atoms with Crippen molar-refractivity contribution in [3.63, 3.8) is 0 Å². The standard InChI is InChI=1S/C11H9BrO2/c1-14-11(13)4-2-3-9-5-7-10(12)8-6-9/h5-8H,3H2,1H3. The Bertz CT molecular complexity index is 371. The van der Waals surface area contributed by atoms with Gasteiger partial charge in [0, 0.05) is 16.8 Å². The summed E-state index contributed by atoms with van der Waals surface area (Å²) in [5.74, 6) is 4.61. The van der Waals surface area contributed by atoms with Gasteiger partial charge in [0.1, 0.15) is 0 Å². The number of esters is 1. The van der Waals surface area contributed by atoms with Gasteiger partial charge in [0.2, 0.25) is 0 Å². The largest absolute Gasteiger partial charge is 0.459 e. The molecule has 0 heterocycles. The summed E-state index contributed by atoms with van der Waals surface area (Å²) in [6.45, 7) is 0. The second-order valence-corrected chi connectivity index (χ2v) is 3.51. The average Bonchev–Trinajstić information content (AvgIpc) is 2.21. The molecule has 3 heteroatoms. The minimum atomic E-state index is -0.498. The third kappa shape index (κ3) is 3.63. The first-order chi connectivity index (χ1) is 6.72. The molecule has 0 radical (unpaired) electrons. The maximum Gasteiger partial charge on any atom is 0.384 e. The van der Waals surface area contributed by atoms with Crippen LogP contribution in [0.15, 0.2) is 28.7 Å². The van der Waals surface area contributed by atoms with Crippen molar-refractivity contribution >= 4 is 21.9 Å². The first kappa shape index (κ1) is 10.8. The summed E-state index contributed by atoms with van der Waals surface area (Å²) in [6, 6.07) is 7.79. The molecule has 0 amide bonds. The molecule has 1 aromatic carbocycles. The molecule has 0 bridgehead atoms. The molecule has 0 spiro atoms. The minimum Gasteiger partial charge on any atom is -0.459 e. The van der Waals surface area contributed by atoms with Gasteiger partial charge in [-0.1, -0.05) is 34.0 Å². The predicted molar refractivity (Wildman–Crippen MR) is 57.6 cm³/mol. The minimum absolute atomic E-state index is 0.498. The molecule has 0 unspecified atom stereocenters. The zero-order valence-electron chi connectivity index (χ0n) is 7.71. The van der Waals surface area contributed by atoms with Gasteiger partial charge in [0.25, 0.3) is 0 Å². The molecule has 2 nitrogen and oxygen atoms in total. The van der Waals surface area contributed by atoms with E-state index in [1.807, 2.05) is 24.3 Å². The van der Waals surface area contributed by atoms with Crippen LogP contribution in [0.5, 0.6) is 0 Å². The molecule has 0 saturated carbocycles. The van der Waals surface area contributed by atoms with Gasteiger partial charge in [-0.25, -0.2) is 4.79 Å². The van der Waals surface area contributed by atoms with Crippen molar-refractivity contribution in [2.24, 2.45) is 0 Å². The van der Waals surface area contributed by atoms with Crippen molar-refractivity contribution in [2.45, 2.75) is 6.42 Å². The Morgan fingerprint density at radius 1 is 1.43 bits per heavy atom. The highest BCUT2D eigenvalue weighted by atomic mass is 79.9. The fourth-order valence-corrected chi connectivity index (χ4v) is 1.14. The van der Waals surface area contributed by atoms with E-state index < -0.39 is 5.97 Å². The Labute approximate surface area is 91.4 Å². The van der Waals surface area contributed by atoms with Crippen molar-refractivity contribution in [1.82, 2.24) is 0 Å². The molecule has 0 atom stereocenters. The van der Waals surface area contributed by atoms with Crippen molar-refractivity contribution in [3.8, 4) is 11.8 Å². The molecule has 0 aliphatic heterocycles. The van der Waals surface area contributed by atoms with E-state index in [1.165, 1.54) is 7.11 Å². The zero-order chi connectivity index (χ0) is 10.4. The summed E-state index contributed by atoms with van der Waals surface area (Å²) in [4.78, 5) is 10.7. The van der Waals surface area contributed by atoms with Crippen LogP contribution in [0.3, 0.4) is 0 Å². The van der Waals surface area contributed by atoms with Gasteiger partial charge in [0.15, 0.2) is 0 Å². The lowest BCUT2D eigenvalue weighted by atomic mass is 10.2. The molecule has 0 fully saturated rings. The molecule has 0 saturated heterocycles. The van der Waals surface area contributed by atoms with E-state index in [0.717, 1.165) is 10.0 Å². The molecule has 0 aliphatic rings. The number of hydrogen-bond acceptors (Lipinski definition) is 2. The Morgan fingerprint density at radius 3 is 2.64 bits per heavy atom. The number of rotatable bonds is 1. The van der Waals surface area contributed by atoms with Crippen LogP contribution in [0.1, 0.15) is 5.56 Å². The van der Waals surface area contributed by atoms with Crippen LogP contribution in [0.25, 0.3) is 0 Å². The number of benzene rings is 1. The lowest BCUT2D eigenvalue weighted by molar-refractivity contribution is -0.133. The molecule has 1 aromatic rings. The van der Waals surface area contributed by atoms with E-state index in [2.05, 4.69) is 32.5 Å². The van der Waals surface area contributed by atoms with Gasteiger partial charge in [-0.15, -0.1) is 0 Å². The van der Waals surface area contributed by atoms with Crippen LogP contribution >= 0.6 is 15.9 Å². The number of carbonyl (C=O) groups is 1. The molecular formula is C11H9BrO2. The molecular weight excluding hydrogens is 244 g/mol. The molecule has 72 valence electrons. The van der Waals surface area contributed by atoms with Crippen LogP contribution in [-0.4, -0.2) is 13.1 Å². The van der Waals surface area contributed by atoms with Gasteiger partial charge in [0.05, 0.1) is 7.11 Å². The SMILES string of the molecule is COC(=O)C#CCc1ccc(Br)cc1. The lowest BCUT2D eigenvalue weighted by Crippen LogP contribution is -1.94. The molecule has 14 heavy (non-hydrogen) atoms. The van der Waals surface area contributed by atoms with Gasteiger partial charge < -0.3 is 4.74 Å². The van der Waals surface area contributed by atoms with E-state index in [0.29, 0.717) is 6.42 Å². The maximum absolute atomic E-state index is 10.7. The fourth-order valence-electron chi connectivity index (χ4n) is 0.872. The summed E-state index contributed by atoms with van der Waals surface area (Å²) in [5.41, 5.74) is 1.07. The van der Waals surface area contributed by atoms with Crippen LogP contribution in [0.4, 0.5) is 0 Å². The molecule has 1 rings (SSSR count). The zero-order valence-corrected chi connectivity index (χ0v) is 9.30. The number of hydrogen-bond donors (Lipinski definition) is 0. The van der Waals surface area contributed by atoms with E-state index in [4.69, 9.17) is 0 Å². The third-order valence-corrected chi connectivity index (χ3v) is 2.11. The summed E-state index contributed by atoms with van der Waals surface area (Å²) in [5, 5.41) is 0. The molecule has 0 aliphatic carbocycles. The van der Waals surface area contributed by atoms with E-state index >= 15 is 0 Å². The summed E-state index contributed by atoms with van der Waals surface area (Å²) < 4.78 is 5.42. The van der Waals surface area contributed by atoms with Crippen molar-refractivity contribution < 1.29 is 9.53 Å². The quantitative estimate of drug-likeness (QED) is 0.435. The number of carbonyl (C=O) groups excluding carboxylic acids is 1. The van der Waals surface area contributed by atoms with Crippen LogP contribution in [0, 0.1) is 11.8 Å². The second kappa shape index (κ2) is 5.46. The normalized spacial score (nSPS) is 8.71. The fraction of sp³-hybridized carbons (Fsp3) is 0.182. The van der Waals surface area contributed by atoms with Gasteiger partial charge in [-0.3, -0.25) is 0 Å². The second-order valence-electron chi connectivity index (χ2n) is 2.60. The van der Waals surface area contributed by atoms with Crippen LogP contribution in [0.2, 0.25) is 0 Å². The highest BCUT2D eigenvalue weighted by molar-refractivity contribution is 9.10. The van der Waals surface area contributed by atoms with Crippen molar-refractivity contribution in [1.29, 1.82) is 0 Å². The van der Waals surface area contributed by atoms with E-state index in [-0.39, 0.29) is 0 Å². The highest BCUT2D eigenvalue weighted by Gasteiger charge is 1.91. The monoisotopic (exact) mass is 252 g/mol. The topological polar surface area (TPSA) is 26.3 Å². The van der Waals surface area contributed by atoms with Gasteiger partial charge >= 0.3 is 5.97 Å². The Hall–Kier alpha value is -1.27. The lowest BCUT2D eigenvalue weighted by Gasteiger charge is -1.93. The van der Waals surface area contributed by atoms with Gasteiger partial charge in [-0.05, 0) is 17.7 Å². The predicted octanol–water partition coefficient (Wildman–Crippen LogP) is 2.17. The van der Waals surface area contributed by atoms with E-state index in [1.54, 1.807) is 0 Å². The summed E-state index contributed by atoms with van der Waals surface area (Å²) >= 11 is 3.34. The van der Waals surface area contributed by atoms with Crippen molar-refractivity contribution in [3.05, 3.63) is 34.3 Å².